The molecule has 208 valence electrons. The molecule has 8 heteroatoms. The minimum absolute atomic E-state index is 0. The monoisotopic (exact) mass is 561 g/mol. The summed E-state index contributed by atoms with van der Waals surface area (Å²) < 4.78 is 14.1. The molecule has 40 heavy (non-hydrogen) atoms. The van der Waals surface area contributed by atoms with Gasteiger partial charge in [-0.25, -0.2) is 14.0 Å². The number of aromatic carboxylic acids is 1. The number of likely N-dealkylation sites (tertiary alicyclic amines) is 1. The van der Waals surface area contributed by atoms with Gasteiger partial charge in [0.25, 0.3) is 0 Å². The second-order valence-corrected chi connectivity index (χ2v) is 10.2. The van der Waals surface area contributed by atoms with E-state index < -0.39 is 5.97 Å². The molecule has 1 aliphatic rings. The number of amides is 2. The zero-order valence-corrected chi connectivity index (χ0v) is 23.0. The fourth-order valence-electron chi connectivity index (χ4n) is 5.56. The van der Waals surface area contributed by atoms with Crippen LogP contribution in [0.15, 0.2) is 91.0 Å². The van der Waals surface area contributed by atoms with Gasteiger partial charge in [-0.1, -0.05) is 54.6 Å². The van der Waals surface area contributed by atoms with Crippen molar-refractivity contribution in [1.29, 1.82) is 0 Å². The maximum Gasteiger partial charge on any atom is 0.335 e. The van der Waals surface area contributed by atoms with Gasteiger partial charge < -0.3 is 20.6 Å². The summed E-state index contributed by atoms with van der Waals surface area (Å²) in [4.78, 5) is 26.1. The molecule has 1 heterocycles. The van der Waals surface area contributed by atoms with Crippen molar-refractivity contribution in [1.82, 2.24) is 10.2 Å². The third-order valence-electron chi connectivity index (χ3n) is 7.66. The van der Waals surface area contributed by atoms with E-state index >= 15 is 0 Å². The quantitative estimate of drug-likeness (QED) is 0.225. The SMILES string of the molecule is C[C@@H](NCC1CN(C(=O)Nc2ccc(C(=O)O)cc2)CCC1c1cccc(F)c1)c1cccc2ccccc12.Cl. The van der Waals surface area contributed by atoms with Crippen molar-refractivity contribution < 1.29 is 19.1 Å². The lowest BCUT2D eigenvalue weighted by atomic mass is 9.80. The van der Waals surface area contributed by atoms with Crippen LogP contribution in [0.1, 0.15) is 46.8 Å². The molecule has 4 aromatic carbocycles. The van der Waals surface area contributed by atoms with Crippen molar-refractivity contribution in [3.8, 4) is 0 Å². The molecule has 4 aromatic rings. The first-order valence-corrected chi connectivity index (χ1v) is 13.2. The first-order chi connectivity index (χ1) is 18.9. The van der Waals surface area contributed by atoms with Crippen LogP contribution in [0.2, 0.25) is 0 Å². The molecule has 3 atom stereocenters. The summed E-state index contributed by atoms with van der Waals surface area (Å²) >= 11 is 0. The number of urea groups is 1. The summed E-state index contributed by atoms with van der Waals surface area (Å²) in [7, 11) is 0. The van der Waals surface area contributed by atoms with E-state index in [0.717, 1.165) is 5.56 Å². The van der Waals surface area contributed by atoms with E-state index in [2.05, 4.69) is 47.9 Å². The molecule has 0 spiro atoms. The minimum atomic E-state index is -1.01. The van der Waals surface area contributed by atoms with Crippen LogP contribution in [0.25, 0.3) is 10.8 Å². The van der Waals surface area contributed by atoms with Crippen LogP contribution < -0.4 is 10.6 Å². The van der Waals surface area contributed by atoms with E-state index in [0.29, 0.717) is 31.7 Å². The van der Waals surface area contributed by atoms with Gasteiger partial charge in [0.1, 0.15) is 5.82 Å². The number of carboxylic acid groups (broad SMARTS) is 1. The number of hydrogen-bond donors (Lipinski definition) is 3. The van der Waals surface area contributed by atoms with Crippen LogP contribution in [-0.4, -0.2) is 41.6 Å². The lowest BCUT2D eigenvalue weighted by Gasteiger charge is -2.39. The van der Waals surface area contributed by atoms with Crippen LogP contribution in [0.3, 0.4) is 0 Å². The molecule has 0 aliphatic carbocycles. The van der Waals surface area contributed by atoms with Crippen LogP contribution in [-0.2, 0) is 0 Å². The first-order valence-electron chi connectivity index (χ1n) is 13.2. The Labute approximate surface area is 239 Å². The predicted molar refractivity (Wildman–Crippen MR) is 159 cm³/mol. The molecule has 1 aliphatic heterocycles. The number of carbonyl (C=O) groups is 2. The Hall–Kier alpha value is -3.94. The summed E-state index contributed by atoms with van der Waals surface area (Å²) in [5, 5.41) is 18.1. The Morgan fingerprint density at radius 1 is 1.00 bits per heavy atom. The summed E-state index contributed by atoms with van der Waals surface area (Å²) in [6.07, 6.45) is 0.712. The van der Waals surface area contributed by atoms with Crippen molar-refractivity contribution in [2.24, 2.45) is 5.92 Å². The van der Waals surface area contributed by atoms with E-state index in [1.807, 2.05) is 18.2 Å². The Kier molecular flexibility index (Phi) is 9.40. The van der Waals surface area contributed by atoms with Gasteiger partial charge in [-0.05, 0) is 83.5 Å². The van der Waals surface area contributed by atoms with E-state index in [1.165, 1.54) is 34.5 Å². The molecule has 2 unspecified atom stereocenters. The van der Waals surface area contributed by atoms with Gasteiger partial charge in [-0.3, -0.25) is 0 Å². The molecule has 5 rings (SSSR count). The number of rotatable bonds is 7. The smallest absolute Gasteiger partial charge is 0.335 e. The zero-order valence-electron chi connectivity index (χ0n) is 22.2. The van der Waals surface area contributed by atoms with Gasteiger partial charge in [0.2, 0.25) is 0 Å². The highest BCUT2D eigenvalue weighted by Gasteiger charge is 2.33. The molecule has 6 nitrogen and oxygen atoms in total. The average Bonchev–Trinajstić information content (AvgIpc) is 2.95. The number of fused-ring (bicyclic) bond motifs is 1. The van der Waals surface area contributed by atoms with Crippen LogP contribution in [0.4, 0.5) is 14.9 Å². The third-order valence-corrected chi connectivity index (χ3v) is 7.66. The lowest BCUT2D eigenvalue weighted by Crippen LogP contribution is -2.47. The summed E-state index contributed by atoms with van der Waals surface area (Å²) in [6.45, 7) is 3.85. The van der Waals surface area contributed by atoms with Crippen LogP contribution in [0, 0.1) is 11.7 Å². The van der Waals surface area contributed by atoms with Crippen LogP contribution in [0.5, 0.6) is 0 Å². The first kappa shape index (κ1) is 29.1. The fourth-order valence-corrected chi connectivity index (χ4v) is 5.56. The maximum absolute atomic E-state index is 14.1. The minimum Gasteiger partial charge on any atom is -0.478 e. The number of hydrogen-bond acceptors (Lipinski definition) is 3. The summed E-state index contributed by atoms with van der Waals surface area (Å²) in [5.74, 6) is -1.10. The van der Waals surface area contributed by atoms with Crippen molar-refractivity contribution in [3.63, 3.8) is 0 Å². The topological polar surface area (TPSA) is 81.7 Å². The molecule has 0 aromatic heterocycles. The van der Waals surface area contributed by atoms with Crippen LogP contribution >= 0.6 is 12.4 Å². The molecule has 1 saturated heterocycles. The van der Waals surface area contributed by atoms with E-state index in [9.17, 15) is 14.0 Å². The van der Waals surface area contributed by atoms with Crippen molar-refractivity contribution in [2.75, 3.05) is 25.0 Å². The number of nitrogens with zero attached hydrogens (tertiary/aromatic N) is 1. The van der Waals surface area contributed by atoms with Gasteiger partial charge in [0, 0.05) is 31.4 Å². The van der Waals surface area contributed by atoms with Gasteiger partial charge in [0.15, 0.2) is 0 Å². The van der Waals surface area contributed by atoms with Crippen molar-refractivity contribution >= 4 is 40.9 Å². The molecular weight excluding hydrogens is 529 g/mol. The van der Waals surface area contributed by atoms with E-state index in [1.54, 1.807) is 29.2 Å². The number of anilines is 1. The number of piperidine rings is 1. The highest BCUT2D eigenvalue weighted by Crippen LogP contribution is 2.34. The Morgan fingerprint density at radius 2 is 1.73 bits per heavy atom. The normalized spacial score (nSPS) is 17.6. The van der Waals surface area contributed by atoms with Crippen molar-refractivity contribution in [3.05, 3.63) is 114 Å². The van der Waals surface area contributed by atoms with Gasteiger partial charge in [0.05, 0.1) is 5.56 Å². The number of halogens is 2. The van der Waals surface area contributed by atoms with Gasteiger partial charge in [-0.2, -0.15) is 0 Å². The average molecular weight is 562 g/mol. The lowest BCUT2D eigenvalue weighted by molar-refractivity contribution is 0.0697. The standard InChI is InChI=1S/C32H32FN3O3.ClH/c1-21(28-11-5-7-22-6-2-3-10-30(22)28)34-19-25-20-36(17-16-29(25)24-8-4-9-26(33)18-24)32(39)35-27-14-12-23(13-15-27)31(37)38;/h2-15,18,21,25,29,34H,16-17,19-20H2,1H3,(H,35,39)(H,37,38);1H/t21-,25?,29?;/m1./s1. The highest BCUT2D eigenvalue weighted by molar-refractivity contribution is 5.91. The summed E-state index contributed by atoms with van der Waals surface area (Å²) in [6, 6.07) is 27.4. The van der Waals surface area contributed by atoms with Gasteiger partial charge >= 0.3 is 12.0 Å². The predicted octanol–water partition coefficient (Wildman–Crippen LogP) is 7.09. The number of benzene rings is 4. The second-order valence-electron chi connectivity index (χ2n) is 10.2. The molecule has 0 radical (unpaired) electrons. The highest BCUT2D eigenvalue weighted by atomic mass is 35.5. The third kappa shape index (κ3) is 6.61. The molecule has 1 fully saturated rings. The van der Waals surface area contributed by atoms with E-state index in [-0.39, 0.29) is 47.7 Å². The number of carbonyl (C=O) groups excluding carboxylic acids is 1. The Balaban J connectivity index is 0.00000370. The second kappa shape index (κ2) is 12.9. The molecule has 2 amide bonds. The van der Waals surface area contributed by atoms with Gasteiger partial charge in [-0.15, -0.1) is 12.4 Å². The summed E-state index contributed by atoms with van der Waals surface area (Å²) in [5.41, 5.74) is 2.86. The van der Waals surface area contributed by atoms with E-state index in [4.69, 9.17) is 5.11 Å². The Bertz CT molecular complexity index is 1470. The molecule has 0 saturated carbocycles. The van der Waals surface area contributed by atoms with Crippen molar-refractivity contribution in [2.45, 2.75) is 25.3 Å². The maximum atomic E-state index is 14.1. The fraction of sp³-hybridized carbons (Fsp3) is 0.250. The zero-order chi connectivity index (χ0) is 27.4. The molecule has 0 bridgehead atoms. The number of nitrogens with one attached hydrogen (secondary N) is 2. The molecule has 3 N–H and O–H groups in total. The number of carboxylic acids is 1. The molecular formula is C32H33ClFN3O3. The Morgan fingerprint density at radius 3 is 2.48 bits per heavy atom. The largest absolute Gasteiger partial charge is 0.478 e.